The van der Waals surface area contributed by atoms with Crippen LogP contribution in [0.1, 0.15) is 22.3 Å². The van der Waals surface area contributed by atoms with Gasteiger partial charge in [-0.2, -0.15) is 0 Å². The molecule has 11 rings (SSSR count). The first-order chi connectivity index (χ1) is 26.3. The molecule has 3 heteroatoms. The Morgan fingerprint density at radius 3 is 1.30 bits per heavy atom. The first-order valence-electron chi connectivity index (χ1n) is 18.1. The van der Waals surface area contributed by atoms with Gasteiger partial charge < -0.3 is 0 Å². The lowest BCUT2D eigenvalue weighted by molar-refractivity contribution is 0.795. The van der Waals surface area contributed by atoms with Crippen LogP contribution in [0.3, 0.4) is 0 Å². The molecule has 246 valence electrons. The van der Waals surface area contributed by atoms with Crippen molar-refractivity contribution in [1.29, 1.82) is 0 Å². The molecule has 1 aromatic heterocycles. The van der Waals surface area contributed by atoms with Crippen LogP contribution in [0.5, 0.6) is 0 Å². The minimum atomic E-state index is -0.366. The highest BCUT2D eigenvalue weighted by atomic mass is 15.0. The number of hydrogen-bond donors (Lipinski definition) is 0. The van der Waals surface area contributed by atoms with E-state index in [-0.39, 0.29) is 5.41 Å². The lowest BCUT2D eigenvalue weighted by Crippen LogP contribution is -2.25. The van der Waals surface area contributed by atoms with Crippen molar-refractivity contribution >= 4 is 10.8 Å². The second-order valence-electron chi connectivity index (χ2n) is 14.0. The van der Waals surface area contributed by atoms with E-state index in [1.807, 2.05) is 60.7 Å². The summed E-state index contributed by atoms with van der Waals surface area (Å²) >= 11 is 0. The van der Waals surface area contributed by atoms with E-state index >= 15 is 0 Å². The Morgan fingerprint density at radius 2 is 0.717 bits per heavy atom. The maximum absolute atomic E-state index is 5.00. The highest BCUT2D eigenvalue weighted by molar-refractivity contribution is 6.00. The highest BCUT2D eigenvalue weighted by Crippen LogP contribution is 2.63. The Labute approximate surface area is 308 Å². The van der Waals surface area contributed by atoms with Crippen molar-refractivity contribution in [3.63, 3.8) is 0 Å². The molecule has 0 radical (unpaired) electrons. The fourth-order valence-electron chi connectivity index (χ4n) is 8.79. The SMILES string of the molecule is c1ccc(-c2nc(-c3ccccc3)nc(-c3cccc(-c4ccc5cc6c(cc5c4)C4(c5ccccc5-c5ccccc54)c4ccccc4-6)c3)n2)cc1. The Kier molecular flexibility index (Phi) is 6.47. The van der Waals surface area contributed by atoms with Gasteiger partial charge in [0.25, 0.3) is 0 Å². The number of nitrogens with zero attached hydrogens (tertiary/aromatic N) is 3. The quantitative estimate of drug-likeness (QED) is 0.187. The smallest absolute Gasteiger partial charge is 0.164 e. The highest BCUT2D eigenvalue weighted by Gasteiger charge is 2.51. The Bertz CT molecular complexity index is 2790. The van der Waals surface area contributed by atoms with Gasteiger partial charge in [-0.1, -0.05) is 164 Å². The molecule has 1 spiro atoms. The number of rotatable bonds is 4. The van der Waals surface area contributed by atoms with E-state index in [2.05, 4.69) is 127 Å². The summed E-state index contributed by atoms with van der Waals surface area (Å²) in [7, 11) is 0. The van der Waals surface area contributed by atoms with Crippen molar-refractivity contribution in [3.8, 4) is 67.5 Å². The van der Waals surface area contributed by atoms with E-state index in [0.29, 0.717) is 17.5 Å². The zero-order valence-electron chi connectivity index (χ0n) is 28.7. The van der Waals surface area contributed by atoms with Crippen LogP contribution in [0.2, 0.25) is 0 Å². The van der Waals surface area contributed by atoms with Gasteiger partial charge >= 0.3 is 0 Å². The van der Waals surface area contributed by atoms with Crippen LogP contribution in [0.15, 0.2) is 188 Å². The zero-order chi connectivity index (χ0) is 34.9. The molecular formula is C50H31N3. The average Bonchev–Trinajstić information content (AvgIpc) is 3.70. The van der Waals surface area contributed by atoms with Crippen LogP contribution < -0.4 is 0 Å². The maximum atomic E-state index is 5.00. The average molecular weight is 674 g/mol. The van der Waals surface area contributed by atoms with E-state index in [9.17, 15) is 0 Å². The summed E-state index contributed by atoms with van der Waals surface area (Å²) in [6.07, 6.45) is 0. The maximum Gasteiger partial charge on any atom is 0.164 e. The van der Waals surface area contributed by atoms with Crippen LogP contribution >= 0.6 is 0 Å². The molecule has 2 aliphatic rings. The molecule has 8 aromatic carbocycles. The molecule has 53 heavy (non-hydrogen) atoms. The predicted octanol–water partition coefficient (Wildman–Crippen LogP) is 12.0. The summed E-state index contributed by atoms with van der Waals surface area (Å²) < 4.78 is 0. The van der Waals surface area contributed by atoms with Gasteiger partial charge in [-0.05, 0) is 90.7 Å². The van der Waals surface area contributed by atoms with Gasteiger partial charge in [-0.25, -0.2) is 15.0 Å². The summed E-state index contributed by atoms with van der Waals surface area (Å²) in [6.45, 7) is 0. The van der Waals surface area contributed by atoms with Gasteiger partial charge in [0.2, 0.25) is 0 Å². The number of benzene rings is 8. The number of fused-ring (bicyclic) bond motifs is 11. The summed E-state index contributed by atoms with van der Waals surface area (Å²) in [5.41, 5.74) is 15.5. The van der Waals surface area contributed by atoms with Crippen molar-refractivity contribution in [3.05, 3.63) is 210 Å². The zero-order valence-corrected chi connectivity index (χ0v) is 28.7. The second-order valence-corrected chi connectivity index (χ2v) is 14.0. The van der Waals surface area contributed by atoms with Gasteiger partial charge in [0.15, 0.2) is 17.5 Å². The van der Waals surface area contributed by atoms with Crippen LogP contribution in [0.4, 0.5) is 0 Å². The molecule has 9 aromatic rings. The largest absolute Gasteiger partial charge is 0.208 e. The minimum absolute atomic E-state index is 0.366. The van der Waals surface area contributed by atoms with E-state index in [1.165, 1.54) is 55.3 Å². The predicted molar refractivity (Wildman–Crippen MR) is 215 cm³/mol. The van der Waals surface area contributed by atoms with Gasteiger partial charge in [-0.15, -0.1) is 0 Å². The van der Waals surface area contributed by atoms with E-state index in [0.717, 1.165) is 27.8 Å². The molecule has 2 aliphatic carbocycles. The third-order valence-electron chi connectivity index (χ3n) is 11.1. The van der Waals surface area contributed by atoms with E-state index < -0.39 is 0 Å². The summed E-state index contributed by atoms with van der Waals surface area (Å²) in [4.78, 5) is 14.9. The fourth-order valence-corrected chi connectivity index (χ4v) is 8.79. The summed E-state index contributed by atoms with van der Waals surface area (Å²) in [5.74, 6) is 1.96. The van der Waals surface area contributed by atoms with Crippen molar-refractivity contribution in [2.24, 2.45) is 0 Å². The van der Waals surface area contributed by atoms with E-state index in [4.69, 9.17) is 15.0 Å². The van der Waals surface area contributed by atoms with Crippen LogP contribution in [0.25, 0.3) is 78.3 Å². The fraction of sp³-hybridized carbons (Fsp3) is 0.0200. The van der Waals surface area contributed by atoms with Crippen molar-refractivity contribution in [2.45, 2.75) is 5.41 Å². The summed E-state index contributed by atoms with van der Waals surface area (Å²) in [6, 6.07) is 67.5. The number of aromatic nitrogens is 3. The normalized spacial score (nSPS) is 13.1. The topological polar surface area (TPSA) is 38.7 Å². The molecule has 0 bridgehead atoms. The van der Waals surface area contributed by atoms with Gasteiger partial charge in [0.05, 0.1) is 5.41 Å². The van der Waals surface area contributed by atoms with Crippen LogP contribution in [-0.2, 0) is 5.41 Å². The lowest BCUT2D eigenvalue weighted by Gasteiger charge is -2.30. The molecule has 0 aliphatic heterocycles. The Balaban J connectivity index is 1.07. The van der Waals surface area contributed by atoms with Crippen molar-refractivity contribution < 1.29 is 0 Å². The van der Waals surface area contributed by atoms with Gasteiger partial charge in [0.1, 0.15) is 0 Å². The molecule has 3 nitrogen and oxygen atoms in total. The Morgan fingerprint density at radius 1 is 0.264 bits per heavy atom. The molecule has 1 heterocycles. The van der Waals surface area contributed by atoms with Crippen LogP contribution in [-0.4, -0.2) is 15.0 Å². The molecule has 0 atom stereocenters. The molecule has 0 fully saturated rings. The minimum Gasteiger partial charge on any atom is -0.208 e. The first kappa shape index (κ1) is 29.7. The first-order valence-corrected chi connectivity index (χ1v) is 18.1. The third-order valence-corrected chi connectivity index (χ3v) is 11.1. The van der Waals surface area contributed by atoms with Crippen molar-refractivity contribution in [2.75, 3.05) is 0 Å². The molecular weight excluding hydrogens is 643 g/mol. The van der Waals surface area contributed by atoms with Crippen molar-refractivity contribution in [1.82, 2.24) is 15.0 Å². The monoisotopic (exact) mass is 673 g/mol. The van der Waals surface area contributed by atoms with Crippen LogP contribution in [0, 0.1) is 0 Å². The molecule has 0 unspecified atom stereocenters. The standard InChI is InChI=1S/C50H31N3/c1-3-14-32(15-4-1)47-51-48(33-16-5-2-6-17-33)53-49(52-47)37-19-13-18-34(28-37)35-26-27-36-30-42-41-22-9-12-25-45(41)50(46(42)31-38(36)29-35)43-23-10-7-20-39(43)40-21-8-11-24-44(40)50/h1-31H. The lowest BCUT2D eigenvalue weighted by atomic mass is 9.70. The van der Waals surface area contributed by atoms with E-state index in [1.54, 1.807) is 0 Å². The number of hydrogen-bond acceptors (Lipinski definition) is 3. The van der Waals surface area contributed by atoms with Gasteiger partial charge in [0, 0.05) is 16.7 Å². The molecule has 0 N–H and O–H groups in total. The second kappa shape index (κ2) is 11.5. The Hall–Kier alpha value is -6.97. The molecule has 0 saturated heterocycles. The molecule has 0 amide bonds. The molecule has 0 saturated carbocycles. The summed E-state index contributed by atoms with van der Waals surface area (Å²) in [5, 5.41) is 2.45. The van der Waals surface area contributed by atoms with Gasteiger partial charge in [-0.3, -0.25) is 0 Å². The third kappa shape index (κ3) is 4.44.